The van der Waals surface area contributed by atoms with Gasteiger partial charge in [0, 0.05) is 17.5 Å². The van der Waals surface area contributed by atoms with Gasteiger partial charge in [0.2, 0.25) is 5.82 Å². The molecule has 0 saturated carbocycles. The first-order valence-corrected chi connectivity index (χ1v) is 10.5. The standard InChI is InChI=1S/C25H18F5NO4/c26-19-15(20(27)22(29)23(30)21(19)28)9-17(31)18(24(32)33)25(34)35-10-16-13-7-3-1-5-11(13)12-6-2-4-8-14(12)16/h1-8,16-18H,9-10,31H2,(H,32,33)/t17?,18-/m1/s1. The van der Waals surface area contributed by atoms with Gasteiger partial charge in [0.1, 0.15) is 6.61 Å². The number of fused-ring (bicyclic) bond motifs is 3. The number of halogens is 5. The van der Waals surface area contributed by atoms with E-state index in [4.69, 9.17) is 10.5 Å². The average Bonchev–Trinajstić information content (AvgIpc) is 3.16. The Balaban J connectivity index is 1.54. The molecular weight excluding hydrogens is 473 g/mol. The van der Waals surface area contributed by atoms with Crippen molar-refractivity contribution in [2.24, 2.45) is 11.7 Å². The Kier molecular flexibility index (Phi) is 6.58. The van der Waals surface area contributed by atoms with Gasteiger partial charge in [-0.25, -0.2) is 22.0 Å². The van der Waals surface area contributed by atoms with Crippen molar-refractivity contribution in [1.82, 2.24) is 0 Å². The fourth-order valence-corrected chi connectivity index (χ4v) is 4.34. The molecule has 3 aromatic carbocycles. The van der Waals surface area contributed by atoms with Crippen molar-refractivity contribution in [2.75, 3.05) is 6.61 Å². The molecule has 3 aromatic rings. The van der Waals surface area contributed by atoms with Crippen molar-refractivity contribution < 1.29 is 41.4 Å². The Morgan fingerprint density at radius 2 is 1.29 bits per heavy atom. The minimum absolute atomic E-state index is 0.244. The van der Waals surface area contributed by atoms with Crippen LogP contribution in [0.2, 0.25) is 0 Å². The lowest BCUT2D eigenvalue weighted by atomic mass is 9.93. The third-order valence-corrected chi connectivity index (χ3v) is 6.04. The number of carboxylic acids is 1. The zero-order valence-corrected chi connectivity index (χ0v) is 17.9. The zero-order chi connectivity index (χ0) is 25.4. The van der Waals surface area contributed by atoms with E-state index in [0.29, 0.717) is 0 Å². The number of ether oxygens (including phenoxy) is 1. The quantitative estimate of drug-likeness (QED) is 0.169. The summed E-state index contributed by atoms with van der Waals surface area (Å²) >= 11 is 0. The van der Waals surface area contributed by atoms with Crippen molar-refractivity contribution in [1.29, 1.82) is 0 Å². The molecule has 1 aliphatic rings. The fourth-order valence-electron chi connectivity index (χ4n) is 4.34. The smallest absolute Gasteiger partial charge is 0.321 e. The van der Waals surface area contributed by atoms with Crippen LogP contribution in [0.4, 0.5) is 22.0 Å². The minimum atomic E-state index is -2.36. The summed E-state index contributed by atoms with van der Waals surface area (Å²) in [4.78, 5) is 24.4. The predicted octanol–water partition coefficient (Wildman–Crippen LogP) is 4.31. The van der Waals surface area contributed by atoms with Crippen molar-refractivity contribution in [2.45, 2.75) is 18.4 Å². The second-order valence-electron chi connectivity index (χ2n) is 8.09. The predicted molar refractivity (Wildman–Crippen MR) is 114 cm³/mol. The fraction of sp³-hybridized carbons (Fsp3) is 0.200. The third-order valence-electron chi connectivity index (χ3n) is 6.04. The van der Waals surface area contributed by atoms with Crippen LogP contribution < -0.4 is 5.73 Å². The van der Waals surface area contributed by atoms with Crippen molar-refractivity contribution in [3.05, 3.63) is 94.3 Å². The Morgan fingerprint density at radius 1 is 0.829 bits per heavy atom. The molecule has 0 radical (unpaired) electrons. The van der Waals surface area contributed by atoms with Crippen LogP contribution in [-0.2, 0) is 20.7 Å². The highest BCUT2D eigenvalue weighted by Crippen LogP contribution is 2.44. The van der Waals surface area contributed by atoms with Crippen molar-refractivity contribution in [3.63, 3.8) is 0 Å². The first-order valence-electron chi connectivity index (χ1n) is 10.5. The Labute approximate surface area is 195 Å². The first-order chi connectivity index (χ1) is 16.6. The summed E-state index contributed by atoms with van der Waals surface area (Å²) in [7, 11) is 0. The van der Waals surface area contributed by atoms with Crippen LogP contribution in [0.5, 0.6) is 0 Å². The average molecular weight is 491 g/mol. The molecule has 0 spiro atoms. The third kappa shape index (κ3) is 4.25. The minimum Gasteiger partial charge on any atom is -0.481 e. The van der Waals surface area contributed by atoms with Crippen LogP contribution >= 0.6 is 0 Å². The molecular formula is C25H18F5NO4. The highest BCUT2D eigenvalue weighted by Gasteiger charge is 2.38. The van der Waals surface area contributed by atoms with Gasteiger partial charge in [-0.1, -0.05) is 48.5 Å². The molecule has 0 fully saturated rings. The number of benzene rings is 3. The number of rotatable bonds is 7. The normalized spacial score (nSPS) is 14.2. The lowest BCUT2D eigenvalue weighted by Gasteiger charge is -2.21. The molecule has 10 heteroatoms. The molecule has 0 saturated heterocycles. The number of hydrogen-bond donors (Lipinski definition) is 2. The van der Waals surface area contributed by atoms with Gasteiger partial charge >= 0.3 is 11.9 Å². The van der Waals surface area contributed by atoms with Gasteiger partial charge in [0.15, 0.2) is 29.2 Å². The van der Waals surface area contributed by atoms with Gasteiger partial charge < -0.3 is 15.6 Å². The number of carbonyl (C=O) groups is 2. The van der Waals surface area contributed by atoms with E-state index in [1.165, 1.54) is 0 Å². The maximum absolute atomic E-state index is 14.0. The van der Waals surface area contributed by atoms with E-state index in [-0.39, 0.29) is 6.61 Å². The van der Waals surface area contributed by atoms with Crippen LogP contribution in [0.15, 0.2) is 48.5 Å². The summed E-state index contributed by atoms with van der Waals surface area (Å²) in [5, 5.41) is 9.52. The van der Waals surface area contributed by atoms with E-state index >= 15 is 0 Å². The second-order valence-corrected chi connectivity index (χ2v) is 8.09. The van der Waals surface area contributed by atoms with Crippen LogP contribution in [0.3, 0.4) is 0 Å². The lowest BCUT2D eigenvalue weighted by molar-refractivity contribution is -0.159. The molecule has 0 aromatic heterocycles. The van der Waals surface area contributed by atoms with Gasteiger partial charge in [0.05, 0.1) is 0 Å². The van der Waals surface area contributed by atoms with Crippen LogP contribution in [0.1, 0.15) is 22.6 Å². The Bertz CT molecular complexity index is 1250. The zero-order valence-electron chi connectivity index (χ0n) is 17.9. The van der Waals surface area contributed by atoms with Crippen molar-refractivity contribution in [3.8, 4) is 11.1 Å². The number of aliphatic carboxylic acids is 1. The summed E-state index contributed by atoms with van der Waals surface area (Å²) in [5.74, 6) is -16.6. The highest BCUT2D eigenvalue weighted by molar-refractivity contribution is 5.95. The molecule has 1 aliphatic carbocycles. The molecule has 0 heterocycles. The molecule has 3 N–H and O–H groups in total. The molecule has 0 amide bonds. The topological polar surface area (TPSA) is 89.6 Å². The van der Waals surface area contributed by atoms with Gasteiger partial charge in [0.25, 0.3) is 0 Å². The molecule has 182 valence electrons. The molecule has 1 unspecified atom stereocenters. The van der Waals surface area contributed by atoms with Crippen LogP contribution in [-0.4, -0.2) is 29.7 Å². The summed E-state index contributed by atoms with van der Waals surface area (Å²) in [5.41, 5.74) is 7.98. The maximum Gasteiger partial charge on any atom is 0.321 e. The number of carboxylic acid groups (broad SMARTS) is 1. The largest absolute Gasteiger partial charge is 0.481 e. The number of esters is 1. The monoisotopic (exact) mass is 491 g/mol. The van der Waals surface area contributed by atoms with Gasteiger partial charge in [-0.2, -0.15) is 0 Å². The van der Waals surface area contributed by atoms with E-state index in [1.807, 2.05) is 36.4 Å². The van der Waals surface area contributed by atoms with Crippen LogP contribution in [0.25, 0.3) is 11.1 Å². The van der Waals surface area contributed by atoms with E-state index in [2.05, 4.69) is 0 Å². The van der Waals surface area contributed by atoms with E-state index in [1.54, 1.807) is 12.1 Å². The van der Waals surface area contributed by atoms with Crippen molar-refractivity contribution >= 4 is 11.9 Å². The highest BCUT2D eigenvalue weighted by atomic mass is 19.2. The SMILES string of the molecule is NC(Cc1c(F)c(F)c(F)c(F)c1F)[C@H](C(=O)O)C(=O)OCC1c2ccccc2-c2ccccc21. The van der Waals surface area contributed by atoms with Crippen LogP contribution in [0, 0.1) is 35.0 Å². The van der Waals surface area contributed by atoms with Gasteiger partial charge in [-0.05, 0) is 28.7 Å². The molecule has 5 nitrogen and oxygen atoms in total. The van der Waals surface area contributed by atoms with E-state index in [0.717, 1.165) is 22.3 Å². The number of hydrogen-bond acceptors (Lipinski definition) is 4. The Hall–Kier alpha value is -3.79. The maximum atomic E-state index is 14.0. The molecule has 2 atom stereocenters. The summed E-state index contributed by atoms with van der Waals surface area (Å²) < 4.78 is 73.6. The number of carbonyl (C=O) groups excluding carboxylic acids is 1. The second kappa shape index (κ2) is 9.46. The molecule has 4 rings (SSSR count). The molecule has 35 heavy (non-hydrogen) atoms. The summed E-state index contributed by atoms with van der Waals surface area (Å²) in [6, 6.07) is 13.0. The first kappa shape index (κ1) is 24.3. The lowest BCUT2D eigenvalue weighted by Crippen LogP contribution is -2.44. The van der Waals surface area contributed by atoms with E-state index in [9.17, 15) is 36.6 Å². The van der Waals surface area contributed by atoms with E-state index < -0.39 is 70.9 Å². The number of nitrogens with two attached hydrogens (primary N) is 1. The van der Waals surface area contributed by atoms with Gasteiger partial charge in [-0.15, -0.1) is 0 Å². The molecule has 0 bridgehead atoms. The summed E-state index contributed by atoms with van der Waals surface area (Å²) in [6.45, 7) is -0.244. The Morgan fingerprint density at radius 3 is 1.77 bits per heavy atom. The summed E-state index contributed by atoms with van der Waals surface area (Å²) in [6.07, 6.45) is -1.10. The van der Waals surface area contributed by atoms with Gasteiger partial charge in [-0.3, -0.25) is 9.59 Å². The molecule has 0 aliphatic heterocycles.